The van der Waals surface area contributed by atoms with E-state index >= 15 is 0 Å². The Hall–Kier alpha value is -3.20. The average Bonchev–Trinajstić information content (AvgIpc) is 3.49. The van der Waals surface area contributed by atoms with Crippen LogP contribution < -0.4 is 9.64 Å². The third-order valence-corrected chi connectivity index (χ3v) is 7.36. The Bertz CT molecular complexity index is 1130. The number of benzene rings is 1. The van der Waals surface area contributed by atoms with Crippen LogP contribution in [0.5, 0.6) is 5.75 Å². The summed E-state index contributed by atoms with van der Waals surface area (Å²) < 4.78 is 6.64. The van der Waals surface area contributed by atoms with E-state index in [9.17, 15) is 14.7 Å². The van der Waals surface area contributed by atoms with Crippen LogP contribution in [0.4, 0.5) is 10.6 Å². The summed E-state index contributed by atoms with van der Waals surface area (Å²) in [5, 5.41) is 17.0. The van der Waals surface area contributed by atoms with Gasteiger partial charge in [0, 0.05) is 30.0 Å². The van der Waals surface area contributed by atoms with Gasteiger partial charge in [0.15, 0.2) is 5.75 Å². The summed E-state index contributed by atoms with van der Waals surface area (Å²) in [6, 6.07) is 7.72. The summed E-state index contributed by atoms with van der Waals surface area (Å²) in [6.07, 6.45) is 7.36. The predicted octanol–water partition coefficient (Wildman–Crippen LogP) is 5.74. The molecule has 2 aromatic heterocycles. The number of anilines is 1. The van der Waals surface area contributed by atoms with E-state index in [0.29, 0.717) is 5.92 Å². The molecule has 3 aromatic rings. The molecule has 1 aliphatic carbocycles. The Balaban J connectivity index is 1.58. The fourth-order valence-electron chi connectivity index (χ4n) is 4.56. The lowest BCUT2D eigenvalue weighted by Crippen LogP contribution is -2.42. The van der Waals surface area contributed by atoms with Crippen molar-refractivity contribution in [2.24, 2.45) is 11.8 Å². The standard InChI is InChI=1S/C26H32N4O4S/c1-17(2)30(25(31)20-9-4-18(3)5-10-20)24-22(34-26(32)33)16-29(28-24)21-11-6-19(7-12-21)8-13-23-27-14-15-35-23/h6-7,11-12,14-18,20H,4-5,8-10,13H2,1-3H3,(H,32,33). The zero-order chi connectivity index (χ0) is 24.9. The molecule has 0 unspecified atom stereocenters. The maximum atomic E-state index is 13.5. The van der Waals surface area contributed by atoms with Gasteiger partial charge in [0.2, 0.25) is 11.7 Å². The van der Waals surface area contributed by atoms with Crippen molar-refractivity contribution in [1.29, 1.82) is 0 Å². The lowest BCUT2D eigenvalue weighted by molar-refractivity contribution is -0.124. The Morgan fingerprint density at radius 3 is 2.49 bits per heavy atom. The lowest BCUT2D eigenvalue weighted by atomic mass is 9.82. The smallest absolute Gasteiger partial charge is 0.449 e. The lowest BCUT2D eigenvalue weighted by Gasteiger charge is -2.32. The number of hydrogen-bond donors (Lipinski definition) is 1. The van der Waals surface area contributed by atoms with Crippen molar-refractivity contribution >= 4 is 29.2 Å². The zero-order valence-corrected chi connectivity index (χ0v) is 21.2. The molecule has 8 nitrogen and oxygen atoms in total. The second-order valence-electron chi connectivity index (χ2n) is 9.48. The highest BCUT2D eigenvalue weighted by Gasteiger charge is 2.34. The molecule has 186 valence electrons. The number of aryl methyl sites for hydroxylation is 2. The summed E-state index contributed by atoms with van der Waals surface area (Å²) in [6.45, 7) is 6.03. The number of nitrogens with zero attached hydrogens (tertiary/aromatic N) is 4. The quantitative estimate of drug-likeness (QED) is 0.400. The molecule has 0 spiro atoms. The Kier molecular flexibility index (Phi) is 7.85. The van der Waals surface area contributed by atoms with Gasteiger partial charge in [-0.1, -0.05) is 19.1 Å². The maximum absolute atomic E-state index is 13.5. The van der Waals surface area contributed by atoms with Gasteiger partial charge in [0.25, 0.3) is 0 Å². The molecule has 0 saturated heterocycles. The minimum absolute atomic E-state index is 0.0232. The van der Waals surface area contributed by atoms with Crippen molar-refractivity contribution in [3.8, 4) is 11.4 Å². The molecule has 9 heteroatoms. The highest BCUT2D eigenvalue weighted by atomic mass is 32.1. The SMILES string of the molecule is CC1CCC(C(=O)N(c2nn(-c3ccc(CCc4nccs4)cc3)cc2OC(=O)O)C(C)C)CC1. The molecule has 1 saturated carbocycles. The van der Waals surface area contributed by atoms with E-state index in [1.165, 1.54) is 11.8 Å². The first-order valence-electron chi connectivity index (χ1n) is 12.1. The normalized spacial score (nSPS) is 17.9. The second-order valence-corrected chi connectivity index (χ2v) is 10.5. The van der Waals surface area contributed by atoms with Crippen LogP contribution in [0.25, 0.3) is 5.69 Å². The summed E-state index contributed by atoms with van der Waals surface area (Å²) in [4.78, 5) is 30.8. The molecule has 0 atom stereocenters. The Labute approximate surface area is 209 Å². The molecular formula is C26H32N4O4S. The van der Waals surface area contributed by atoms with Crippen molar-refractivity contribution in [1.82, 2.24) is 14.8 Å². The number of carboxylic acid groups (broad SMARTS) is 1. The van der Waals surface area contributed by atoms with Crippen molar-refractivity contribution in [2.45, 2.75) is 65.3 Å². The number of rotatable bonds is 8. The largest absolute Gasteiger partial charge is 0.511 e. The molecule has 0 radical (unpaired) electrons. The van der Waals surface area contributed by atoms with Crippen LogP contribution in [0.2, 0.25) is 0 Å². The van der Waals surface area contributed by atoms with Crippen molar-refractivity contribution < 1.29 is 19.4 Å². The number of amides is 1. The summed E-state index contributed by atoms with van der Waals surface area (Å²) in [5.41, 5.74) is 1.93. The molecule has 0 bridgehead atoms. The van der Waals surface area contributed by atoms with E-state index in [0.717, 1.165) is 49.2 Å². The van der Waals surface area contributed by atoms with Gasteiger partial charge in [-0.3, -0.25) is 9.69 Å². The fourth-order valence-corrected chi connectivity index (χ4v) is 5.18. The third-order valence-electron chi connectivity index (χ3n) is 6.52. The molecule has 35 heavy (non-hydrogen) atoms. The molecule has 1 amide bonds. The first-order valence-corrected chi connectivity index (χ1v) is 13.0. The molecule has 0 aliphatic heterocycles. The van der Waals surface area contributed by atoms with Crippen molar-refractivity contribution in [3.63, 3.8) is 0 Å². The van der Waals surface area contributed by atoms with Gasteiger partial charge >= 0.3 is 6.16 Å². The molecule has 1 aromatic carbocycles. The van der Waals surface area contributed by atoms with Crippen LogP contribution in [0.3, 0.4) is 0 Å². The topological polar surface area (TPSA) is 97.5 Å². The first kappa shape index (κ1) is 24.9. The molecule has 1 N–H and O–H groups in total. The monoisotopic (exact) mass is 496 g/mol. The van der Waals surface area contributed by atoms with E-state index in [2.05, 4.69) is 17.0 Å². The highest BCUT2D eigenvalue weighted by molar-refractivity contribution is 7.09. The highest BCUT2D eigenvalue weighted by Crippen LogP contribution is 2.35. The van der Waals surface area contributed by atoms with Gasteiger partial charge in [0.05, 0.1) is 16.9 Å². The van der Waals surface area contributed by atoms with Crippen LogP contribution in [0, 0.1) is 11.8 Å². The van der Waals surface area contributed by atoms with Gasteiger partial charge in [0.1, 0.15) is 0 Å². The van der Waals surface area contributed by atoms with Crippen molar-refractivity contribution in [2.75, 3.05) is 4.90 Å². The number of thiazole rings is 1. The van der Waals surface area contributed by atoms with Gasteiger partial charge in [-0.2, -0.15) is 0 Å². The fraction of sp³-hybridized carbons (Fsp3) is 0.462. The van der Waals surface area contributed by atoms with Gasteiger partial charge in [-0.25, -0.2) is 14.5 Å². The van der Waals surface area contributed by atoms with Crippen LogP contribution in [0.1, 0.15) is 57.0 Å². The Morgan fingerprint density at radius 1 is 1.17 bits per heavy atom. The average molecular weight is 497 g/mol. The molecule has 1 fully saturated rings. The summed E-state index contributed by atoms with van der Waals surface area (Å²) >= 11 is 1.65. The van der Waals surface area contributed by atoms with E-state index in [1.54, 1.807) is 20.9 Å². The van der Waals surface area contributed by atoms with E-state index in [1.807, 2.05) is 49.7 Å². The van der Waals surface area contributed by atoms with Crippen molar-refractivity contribution in [3.05, 3.63) is 52.6 Å². The maximum Gasteiger partial charge on any atom is 0.511 e. The minimum Gasteiger partial charge on any atom is -0.449 e. The zero-order valence-electron chi connectivity index (χ0n) is 20.4. The number of carbonyl (C=O) groups is 2. The van der Waals surface area contributed by atoms with Crippen LogP contribution in [0.15, 0.2) is 42.0 Å². The van der Waals surface area contributed by atoms with Crippen LogP contribution >= 0.6 is 11.3 Å². The van der Waals surface area contributed by atoms with Gasteiger partial charge < -0.3 is 9.84 Å². The molecule has 4 rings (SSSR count). The van der Waals surface area contributed by atoms with E-state index in [4.69, 9.17) is 4.74 Å². The molecule has 1 aliphatic rings. The number of aromatic nitrogens is 3. The predicted molar refractivity (Wildman–Crippen MR) is 135 cm³/mol. The number of carbonyl (C=O) groups excluding carboxylic acids is 1. The third kappa shape index (κ3) is 6.08. The second kappa shape index (κ2) is 11.0. The summed E-state index contributed by atoms with van der Waals surface area (Å²) in [5.74, 6) is 0.801. The van der Waals surface area contributed by atoms with E-state index in [-0.39, 0.29) is 29.4 Å². The summed E-state index contributed by atoms with van der Waals surface area (Å²) in [7, 11) is 0. The minimum atomic E-state index is -1.44. The van der Waals surface area contributed by atoms with Crippen LogP contribution in [-0.2, 0) is 17.6 Å². The molecular weight excluding hydrogens is 464 g/mol. The van der Waals surface area contributed by atoms with E-state index < -0.39 is 6.16 Å². The number of ether oxygens (including phenoxy) is 1. The number of hydrogen-bond acceptors (Lipinski definition) is 6. The van der Waals surface area contributed by atoms with Crippen LogP contribution in [-0.4, -0.2) is 38.0 Å². The Morgan fingerprint density at radius 2 is 1.89 bits per heavy atom. The van der Waals surface area contributed by atoms with Gasteiger partial charge in [-0.05, 0) is 69.6 Å². The molecule has 2 heterocycles. The van der Waals surface area contributed by atoms with Gasteiger partial charge in [-0.15, -0.1) is 16.4 Å². The first-order chi connectivity index (χ1) is 16.8.